The van der Waals surface area contributed by atoms with Crippen LogP contribution in [-0.4, -0.2) is 5.11 Å². The molecule has 0 bridgehead atoms. The van der Waals surface area contributed by atoms with Crippen LogP contribution in [0.2, 0.25) is 25.1 Å². The van der Waals surface area contributed by atoms with Crippen LogP contribution in [0.15, 0.2) is 0 Å². The van der Waals surface area contributed by atoms with Crippen molar-refractivity contribution in [1.29, 1.82) is 0 Å². The summed E-state index contributed by atoms with van der Waals surface area (Å²) in [6.45, 7) is 0. The minimum Gasteiger partial charge on any atom is -0.505 e. The second-order valence-electron chi connectivity index (χ2n) is 1.92. The monoisotopic (exact) mass is 448 g/mol. The van der Waals surface area contributed by atoms with E-state index in [9.17, 15) is 5.11 Å². The summed E-state index contributed by atoms with van der Waals surface area (Å²) in [5, 5.41) is 9.01. The summed E-state index contributed by atoms with van der Waals surface area (Å²) >= 11 is 27.9. The van der Waals surface area contributed by atoms with Gasteiger partial charge in [0.25, 0.3) is 0 Å². The molecule has 0 saturated heterocycles. The van der Waals surface area contributed by atoms with E-state index >= 15 is 0 Å². The number of benzene rings is 1. The summed E-state index contributed by atoms with van der Waals surface area (Å²) in [5.41, 5.74) is 0. The Labute approximate surface area is 114 Å². The van der Waals surface area contributed by atoms with Gasteiger partial charge < -0.3 is 5.11 Å². The molecule has 1 nitrogen and oxygen atoms in total. The second-order valence-corrected chi connectivity index (χ2v) is 3.81. The van der Waals surface area contributed by atoms with E-state index in [4.69, 9.17) is 58.0 Å². The zero-order valence-electron chi connectivity index (χ0n) is 5.75. The summed E-state index contributed by atoms with van der Waals surface area (Å²) in [6, 6.07) is 0. The molecule has 1 aromatic carbocycles. The number of aromatic hydroxyl groups is 1. The Bertz CT molecular complexity index is 235. The standard InChI is InChI=1S/C6HCl5O.W/c7-1-2(8)4(10)6(12)5(11)3(1)9;/h12H;. The molecule has 13 heavy (non-hydrogen) atoms. The van der Waals surface area contributed by atoms with E-state index in [1.807, 2.05) is 0 Å². The minimum atomic E-state index is -0.363. The summed E-state index contributed by atoms with van der Waals surface area (Å²) in [5.74, 6) is -0.363. The maximum atomic E-state index is 9.20. The zero-order valence-corrected chi connectivity index (χ0v) is 12.5. The number of rotatable bonds is 0. The molecule has 1 rings (SSSR count). The maximum absolute atomic E-state index is 9.20. The normalized spacial score (nSPS) is 9.62. The van der Waals surface area contributed by atoms with Crippen LogP contribution >= 0.6 is 58.0 Å². The Morgan fingerprint density at radius 1 is 0.615 bits per heavy atom. The molecule has 0 atom stereocenters. The zero-order chi connectivity index (χ0) is 9.46. The van der Waals surface area contributed by atoms with Gasteiger partial charge in [0.05, 0.1) is 15.1 Å². The van der Waals surface area contributed by atoms with Crippen molar-refractivity contribution in [2.75, 3.05) is 0 Å². The van der Waals surface area contributed by atoms with Crippen molar-refractivity contribution in [3.8, 4) is 5.75 Å². The number of phenolic OH excluding ortho intramolecular Hbond substituents is 1. The first-order chi connectivity index (χ1) is 5.46. The SMILES string of the molecule is Oc1c(Cl)c(Cl)c(Cl)c(Cl)c1Cl.[W]. The van der Waals surface area contributed by atoms with Crippen molar-refractivity contribution in [3.05, 3.63) is 25.1 Å². The van der Waals surface area contributed by atoms with Gasteiger partial charge in [0.15, 0.2) is 5.75 Å². The van der Waals surface area contributed by atoms with Gasteiger partial charge in [0.2, 0.25) is 0 Å². The van der Waals surface area contributed by atoms with Gasteiger partial charge in [-0.05, 0) is 0 Å². The molecule has 7 heteroatoms. The summed E-state index contributed by atoms with van der Waals surface area (Å²) in [7, 11) is 0. The van der Waals surface area contributed by atoms with E-state index in [-0.39, 0.29) is 51.9 Å². The molecule has 1 N–H and O–H groups in total. The van der Waals surface area contributed by atoms with Crippen molar-refractivity contribution in [2.45, 2.75) is 0 Å². The largest absolute Gasteiger partial charge is 0.505 e. The van der Waals surface area contributed by atoms with Crippen LogP contribution in [-0.2, 0) is 21.1 Å². The van der Waals surface area contributed by atoms with Crippen molar-refractivity contribution < 1.29 is 26.2 Å². The molecule has 0 saturated carbocycles. The number of halogens is 5. The Kier molecular flexibility index (Phi) is 5.77. The maximum Gasteiger partial charge on any atom is 0.155 e. The molecular formula is C6HCl5OW. The van der Waals surface area contributed by atoms with E-state index in [1.165, 1.54) is 0 Å². The second kappa shape index (κ2) is 5.30. The summed E-state index contributed by atoms with van der Waals surface area (Å²) in [6.07, 6.45) is 0. The molecule has 0 fully saturated rings. The first-order valence-electron chi connectivity index (χ1n) is 2.67. The van der Waals surface area contributed by atoms with Crippen LogP contribution in [0.5, 0.6) is 5.75 Å². The average Bonchev–Trinajstić information content (AvgIpc) is 2.08. The molecule has 72 valence electrons. The van der Waals surface area contributed by atoms with E-state index in [1.54, 1.807) is 0 Å². The molecule has 0 heterocycles. The number of phenols is 1. The minimum absolute atomic E-state index is 0. The van der Waals surface area contributed by atoms with Crippen molar-refractivity contribution in [1.82, 2.24) is 0 Å². The molecule has 0 aliphatic rings. The van der Waals surface area contributed by atoms with Crippen molar-refractivity contribution in [2.24, 2.45) is 0 Å². The third-order valence-corrected chi connectivity index (χ3v) is 3.44. The third kappa shape index (κ3) is 2.59. The van der Waals surface area contributed by atoms with Crippen molar-refractivity contribution in [3.63, 3.8) is 0 Å². The van der Waals surface area contributed by atoms with Crippen LogP contribution in [0, 0.1) is 0 Å². The predicted molar refractivity (Wildman–Crippen MR) is 53.2 cm³/mol. The molecule has 0 aromatic heterocycles. The fourth-order valence-electron chi connectivity index (χ4n) is 0.593. The van der Waals surface area contributed by atoms with Gasteiger partial charge in [-0.15, -0.1) is 0 Å². The van der Waals surface area contributed by atoms with Gasteiger partial charge in [-0.3, -0.25) is 0 Å². The van der Waals surface area contributed by atoms with Gasteiger partial charge in [-0.2, -0.15) is 0 Å². The Hall–Kier alpha value is 1.16. The Morgan fingerprint density at radius 3 is 1.15 bits per heavy atom. The van der Waals surface area contributed by atoms with Crippen LogP contribution < -0.4 is 0 Å². The van der Waals surface area contributed by atoms with Gasteiger partial charge in [-0.25, -0.2) is 0 Å². The molecule has 0 radical (unpaired) electrons. The van der Waals surface area contributed by atoms with Crippen LogP contribution in [0.3, 0.4) is 0 Å². The Morgan fingerprint density at radius 2 is 0.846 bits per heavy atom. The van der Waals surface area contributed by atoms with E-state index in [0.29, 0.717) is 0 Å². The van der Waals surface area contributed by atoms with Crippen LogP contribution in [0.4, 0.5) is 0 Å². The summed E-state index contributed by atoms with van der Waals surface area (Å²) < 4.78 is 0. The topological polar surface area (TPSA) is 20.2 Å². The first kappa shape index (κ1) is 14.2. The molecule has 1 aromatic rings. The van der Waals surface area contributed by atoms with Gasteiger partial charge in [-0.1, -0.05) is 58.0 Å². The third-order valence-electron chi connectivity index (χ3n) is 1.19. The molecule has 0 unspecified atom stereocenters. The fraction of sp³-hybridized carbons (Fsp3) is 0. The van der Waals surface area contributed by atoms with Gasteiger partial charge >= 0.3 is 0 Å². The molecule has 0 amide bonds. The Balaban J connectivity index is 0.00000144. The molecule has 0 aliphatic heterocycles. The fourth-order valence-corrected chi connectivity index (χ4v) is 1.72. The van der Waals surface area contributed by atoms with Crippen molar-refractivity contribution >= 4 is 58.0 Å². The van der Waals surface area contributed by atoms with E-state index in [0.717, 1.165) is 0 Å². The molecule has 0 aliphatic carbocycles. The summed E-state index contributed by atoms with van der Waals surface area (Å²) in [4.78, 5) is 0. The van der Waals surface area contributed by atoms with Crippen LogP contribution in [0.25, 0.3) is 0 Å². The van der Waals surface area contributed by atoms with Gasteiger partial charge in [0, 0.05) is 21.1 Å². The number of hydrogen-bond donors (Lipinski definition) is 1. The predicted octanol–water partition coefficient (Wildman–Crippen LogP) is 4.66. The smallest absolute Gasteiger partial charge is 0.155 e. The molecular weight excluding hydrogens is 449 g/mol. The quantitative estimate of drug-likeness (QED) is 0.451. The average molecular weight is 450 g/mol. The number of hydrogen-bond acceptors (Lipinski definition) is 1. The van der Waals surface area contributed by atoms with Gasteiger partial charge in [0.1, 0.15) is 10.0 Å². The van der Waals surface area contributed by atoms with Crippen LogP contribution in [0.1, 0.15) is 0 Å². The van der Waals surface area contributed by atoms with E-state index < -0.39 is 0 Å². The van der Waals surface area contributed by atoms with E-state index in [2.05, 4.69) is 0 Å². The molecule has 0 spiro atoms. The first-order valence-corrected chi connectivity index (χ1v) is 4.56.